The molecule has 2 saturated heterocycles. The van der Waals surface area contributed by atoms with Gasteiger partial charge in [0.25, 0.3) is 0 Å². The van der Waals surface area contributed by atoms with Crippen LogP contribution in [-0.2, 0) is 14.5 Å². The minimum Gasteiger partial charge on any atom is -0.352 e. The predicted molar refractivity (Wildman–Crippen MR) is 86.3 cm³/mol. The molecule has 1 aliphatic carbocycles. The number of hydrogen-bond donors (Lipinski definition) is 1. The summed E-state index contributed by atoms with van der Waals surface area (Å²) in [6, 6.07) is 8.41. The lowest BCUT2D eigenvalue weighted by Crippen LogP contribution is -2.50. The van der Waals surface area contributed by atoms with E-state index in [1.165, 1.54) is 5.56 Å². The normalized spacial score (nSPS) is 30.5. The summed E-state index contributed by atoms with van der Waals surface area (Å²) in [7, 11) is 0. The number of fused-ring (bicyclic) bond motifs is 1. The van der Waals surface area contributed by atoms with Crippen molar-refractivity contribution in [3.63, 3.8) is 0 Å². The molecule has 22 heavy (non-hydrogen) atoms. The van der Waals surface area contributed by atoms with Crippen molar-refractivity contribution in [3.05, 3.63) is 35.4 Å². The molecular formula is C17H20N2O2S. The highest BCUT2D eigenvalue weighted by atomic mass is 32.2. The Balaban J connectivity index is 1.65. The van der Waals surface area contributed by atoms with Crippen LogP contribution < -0.4 is 5.32 Å². The number of benzene rings is 1. The molecule has 4 nitrogen and oxygen atoms in total. The van der Waals surface area contributed by atoms with E-state index in [-0.39, 0.29) is 22.7 Å². The molecule has 3 fully saturated rings. The Bertz CT molecular complexity index is 626. The highest BCUT2D eigenvalue weighted by Crippen LogP contribution is 2.54. The molecule has 1 aromatic rings. The number of thioether (sulfide) groups is 1. The highest BCUT2D eigenvalue weighted by molar-refractivity contribution is 8.00. The van der Waals surface area contributed by atoms with E-state index in [1.54, 1.807) is 11.8 Å². The zero-order valence-electron chi connectivity index (χ0n) is 12.7. The van der Waals surface area contributed by atoms with Crippen molar-refractivity contribution in [2.45, 2.75) is 49.6 Å². The first kappa shape index (κ1) is 14.1. The number of amides is 2. The molecule has 0 radical (unpaired) electrons. The van der Waals surface area contributed by atoms with Gasteiger partial charge in [-0.15, -0.1) is 11.8 Å². The van der Waals surface area contributed by atoms with Crippen molar-refractivity contribution in [1.29, 1.82) is 0 Å². The first-order chi connectivity index (χ1) is 10.6. The smallest absolute Gasteiger partial charge is 0.243 e. The maximum Gasteiger partial charge on any atom is 0.243 e. The third kappa shape index (κ3) is 2.14. The Morgan fingerprint density at radius 1 is 1.32 bits per heavy atom. The predicted octanol–water partition coefficient (Wildman–Crippen LogP) is 2.16. The van der Waals surface area contributed by atoms with Crippen LogP contribution in [0, 0.1) is 6.92 Å². The second-order valence-corrected chi connectivity index (χ2v) is 7.82. The van der Waals surface area contributed by atoms with Crippen molar-refractivity contribution in [1.82, 2.24) is 10.2 Å². The fourth-order valence-electron chi connectivity index (χ4n) is 3.48. The highest BCUT2D eigenvalue weighted by Gasteiger charge is 2.56. The Kier molecular flexibility index (Phi) is 3.22. The van der Waals surface area contributed by atoms with Crippen molar-refractivity contribution < 1.29 is 9.59 Å². The molecular weight excluding hydrogens is 296 g/mol. The van der Waals surface area contributed by atoms with Gasteiger partial charge in [0.1, 0.15) is 10.9 Å². The minimum atomic E-state index is -0.337. The molecule has 1 N–H and O–H groups in total. The molecule has 0 bridgehead atoms. The Morgan fingerprint density at radius 2 is 2.05 bits per heavy atom. The van der Waals surface area contributed by atoms with E-state index in [2.05, 4.69) is 36.5 Å². The Hall–Kier alpha value is -1.49. The largest absolute Gasteiger partial charge is 0.352 e. The summed E-state index contributed by atoms with van der Waals surface area (Å²) in [5.41, 5.74) is 2.36. The van der Waals surface area contributed by atoms with Crippen molar-refractivity contribution >= 4 is 23.6 Å². The standard InChI is InChI=1S/C17H20N2O2S/c1-11-2-4-12(5-3-11)17-9-8-15(20)19(17)14(10-22-17)16(21)18-13-6-7-13/h2-5,13-14H,6-10H2,1H3,(H,18,21)/t14-,17+/m0/s1. The number of hydrogen-bond acceptors (Lipinski definition) is 3. The molecule has 3 aliphatic rings. The van der Waals surface area contributed by atoms with E-state index in [4.69, 9.17) is 0 Å². The van der Waals surface area contributed by atoms with Crippen molar-refractivity contribution in [3.8, 4) is 0 Å². The summed E-state index contributed by atoms with van der Waals surface area (Å²) in [6.07, 6.45) is 3.48. The lowest BCUT2D eigenvalue weighted by molar-refractivity contribution is -0.138. The number of aryl methyl sites for hydroxylation is 1. The minimum absolute atomic E-state index is 0.0271. The van der Waals surface area contributed by atoms with E-state index < -0.39 is 0 Å². The maximum atomic E-state index is 12.5. The third-order valence-electron chi connectivity index (χ3n) is 4.86. The van der Waals surface area contributed by atoms with Gasteiger partial charge in [-0.25, -0.2) is 0 Å². The summed E-state index contributed by atoms with van der Waals surface area (Å²) in [5, 5.41) is 3.06. The summed E-state index contributed by atoms with van der Waals surface area (Å²) < 4.78 is 0. The topological polar surface area (TPSA) is 49.4 Å². The third-order valence-corrected chi connectivity index (χ3v) is 6.45. The van der Waals surface area contributed by atoms with Gasteiger partial charge < -0.3 is 10.2 Å². The van der Waals surface area contributed by atoms with Crippen LogP contribution in [0.25, 0.3) is 0 Å². The average molecular weight is 316 g/mol. The molecule has 2 aliphatic heterocycles. The van der Waals surface area contributed by atoms with Crippen LogP contribution in [0.3, 0.4) is 0 Å². The second kappa shape index (κ2) is 5.01. The van der Waals surface area contributed by atoms with Gasteiger partial charge >= 0.3 is 0 Å². The number of nitrogens with one attached hydrogen (secondary N) is 1. The van der Waals surface area contributed by atoms with Gasteiger partial charge in [0.15, 0.2) is 0 Å². The van der Waals surface area contributed by atoms with Gasteiger partial charge in [-0.2, -0.15) is 0 Å². The Labute approximate surface area is 134 Å². The van der Waals surface area contributed by atoms with Crippen LogP contribution in [0.1, 0.15) is 36.8 Å². The summed E-state index contributed by atoms with van der Waals surface area (Å²) >= 11 is 1.75. The maximum absolute atomic E-state index is 12.5. The van der Waals surface area contributed by atoms with E-state index in [9.17, 15) is 9.59 Å². The van der Waals surface area contributed by atoms with Crippen LogP contribution >= 0.6 is 11.8 Å². The SMILES string of the molecule is Cc1ccc([C@]23CCC(=O)N2[C@H](C(=O)NC2CC2)CS3)cc1. The van der Waals surface area contributed by atoms with Crippen LogP contribution in [0.2, 0.25) is 0 Å². The fourth-order valence-corrected chi connectivity index (χ4v) is 5.13. The Morgan fingerprint density at radius 3 is 2.73 bits per heavy atom. The lowest BCUT2D eigenvalue weighted by atomic mass is 10.0. The molecule has 0 unspecified atom stereocenters. The molecule has 4 rings (SSSR count). The van der Waals surface area contributed by atoms with Crippen molar-refractivity contribution in [2.24, 2.45) is 0 Å². The van der Waals surface area contributed by atoms with E-state index in [0.29, 0.717) is 18.2 Å². The van der Waals surface area contributed by atoms with Gasteiger partial charge in [-0.1, -0.05) is 29.8 Å². The first-order valence-electron chi connectivity index (χ1n) is 7.94. The van der Waals surface area contributed by atoms with E-state index in [0.717, 1.165) is 24.8 Å². The van der Waals surface area contributed by atoms with Crippen LogP contribution in [0.15, 0.2) is 24.3 Å². The van der Waals surface area contributed by atoms with E-state index >= 15 is 0 Å². The van der Waals surface area contributed by atoms with Crippen LogP contribution in [0.5, 0.6) is 0 Å². The lowest BCUT2D eigenvalue weighted by Gasteiger charge is -2.34. The molecule has 2 amide bonds. The van der Waals surface area contributed by atoms with Gasteiger partial charge in [-0.3, -0.25) is 9.59 Å². The number of carbonyl (C=O) groups excluding carboxylic acids is 2. The molecule has 0 aromatic heterocycles. The monoisotopic (exact) mass is 316 g/mol. The van der Waals surface area contributed by atoms with Crippen LogP contribution in [-0.4, -0.2) is 34.6 Å². The molecule has 2 atom stereocenters. The van der Waals surface area contributed by atoms with Gasteiger partial charge in [-0.05, 0) is 31.7 Å². The van der Waals surface area contributed by atoms with Crippen LogP contribution in [0.4, 0.5) is 0 Å². The first-order valence-corrected chi connectivity index (χ1v) is 8.92. The molecule has 5 heteroatoms. The molecule has 1 aromatic carbocycles. The zero-order chi connectivity index (χ0) is 15.3. The fraction of sp³-hybridized carbons (Fsp3) is 0.529. The number of nitrogens with zero attached hydrogens (tertiary/aromatic N) is 1. The molecule has 0 spiro atoms. The van der Waals surface area contributed by atoms with Gasteiger partial charge in [0, 0.05) is 18.2 Å². The number of carbonyl (C=O) groups is 2. The summed E-state index contributed by atoms with van der Waals surface area (Å²) in [4.78, 5) is 26.5. The van der Waals surface area contributed by atoms with Gasteiger partial charge in [0.05, 0.1) is 0 Å². The van der Waals surface area contributed by atoms with Gasteiger partial charge in [0.2, 0.25) is 11.8 Å². The molecule has 2 heterocycles. The summed E-state index contributed by atoms with van der Waals surface area (Å²) in [5.74, 6) is 0.832. The quantitative estimate of drug-likeness (QED) is 0.930. The van der Waals surface area contributed by atoms with E-state index in [1.807, 2.05) is 4.90 Å². The summed E-state index contributed by atoms with van der Waals surface area (Å²) in [6.45, 7) is 2.06. The molecule has 1 saturated carbocycles. The second-order valence-electron chi connectivity index (χ2n) is 6.52. The average Bonchev–Trinajstić information content (AvgIpc) is 3.13. The zero-order valence-corrected chi connectivity index (χ0v) is 13.5. The van der Waals surface area contributed by atoms with Crippen molar-refractivity contribution in [2.75, 3.05) is 5.75 Å². The number of rotatable bonds is 3. The molecule has 116 valence electrons.